The van der Waals surface area contributed by atoms with Crippen molar-refractivity contribution in [2.75, 3.05) is 6.54 Å². The highest BCUT2D eigenvalue weighted by Gasteiger charge is 2.92. The third-order valence-corrected chi connectivity index (χ3v) is 9.65. The van der Waals surface area contributed by atoms with Gasteiger partial charge in [-0.15, -0.1) is 0 Å². The van der Waals surface area contributed by atoms with Crippen LogP contribution in [0.2, 0.25) is 0 Å². The summed E-state index contributed by atoms with van der Waals surface area (Å²) in [5.41, 5.74) is 2.29. The molecule has 0 aromatic heterocycles. The fourth-order valence-electron chi connectivity index (χ4n) is 9.32. The van der Waals surface area contributed by atoms with Crippen molar-refractivity contribution in [1.29, 1.82) is 0 Å². The highest BCUT2D eigenvalue weighted by molar-refractivity contribution is 5.88. The number of nitrogens with one attached hydrogen (secondary N) is 2. The van der Waals surface area contributed by atoms with Crippen molar-refractivity contribution in [3.63, 3.8) is 0 Å². The quantitative estimate of drug-likeness (QED) is 0.857. The van der Waals surface area contributed by atoms with Crippen LogP contribution in [-0.4, -0.2) is 24.5 Å². The number of carbonyl (C=O) groups is 1. The summed E-state index contributed by atoms with van der Waals surface area (Å²) in [5, 5.41) is 7.05. The van der Waals surface area contributed by atoms with Gasteiger partial charge in [0.1, 0.15) is 0 Å². The highest BCUT2D eigenvalue weighted by Crippen LogP contribution is 2.95. The molecular formula is C24H32N2O. The second-order valence-electron chi connectivity index (χ2n) is 10.9. The van der Waals surface area contributed by atoms with Crippen LogP contribution in [0, 0.1) is 22.2 Å². The minimum absolute atomic E-state index is 0.0904. The molecule has 1 spiro atoms. The lowest BCUT2D eigenvalue weighted by atomic mass is 9.19. The molecular weight excluding hydrogens is 332 g/mol. The Hall–Kier alpha value is -1.35. The van der Waals surface area contributed by atoms with E-state index in [4.69, 9.17) is 0 Å². The average molecular weight is 365 g/mol. The van der Waals surface area contributed by atoms with Gasteiger partial charge in [0, 0.05) is 22.9 Å². The Balaban J connectivity index is 1.35. The van der Waals surface area contributed by atoms with E-state index in [0.29, 0.717) is 23.4 Å². The molecule has 2 bridgehead atoms. The molecule has 6 rings (SSSR count). The van der Waals surface area contributed by atoms with E-state index in [-0.39, 0.29) is 16.2 Å². The van der Waals surface area contributed by atoms with E-state index in [9.17, 15) is 4.79 Å². The number of hydrogen-bond donors (Lipinski definition) is 2. The first-order valence-corrected chi connectivity index (χ1v) is 11.0. The molecule has 3 heteroatoms. The van der Waals surface area contributed by atoms with E-state index >= 15 is 0 Å². The van der Waals surface area contributed by atoms with E-state index in [1.54, 1.807) is 0 Å². The van der Waals surface area contributed by atoms with Gasteiger partial charge in [0.2, 0.25) is 5.91 Å². The van der Waals surface area contributed by atoms with E-state index in [1.165, 1.54) is 24.8 Å². The molecule has 4 saturated carbocycles. The van der Waals surface area contributed by atoms with Crippen molar-refractivity contribution in [3.05, 3.63) is 35.9 Å². The van der Waals surface area contributed by atoms with Gasteiger partial charge in [-0.3, -0.25) is 4.79 Å². The fraction of sp³-hybridized carbons (Fsp3) is 0.708. The summed E-state index contributed by atoms with van der Waals surface area (Å²) in [7, 11) is 0. The Morgan fingerprint density at radius 1 is 1.15 bits per heavy atom. The number of piperidine rings is 1. The van der Waals surface area contributed by atoms with Crippen LogP contribution in [0.4, 0.5) is 0 Å². The second kappa shape index (κ2) is 4.97. The van der Waals surface area contributed by atoms with E-state index in [1.807, 2.05) is 0 Å². The average Bonchev–Trinajstić information content (AvgIpc) is 3.08. The fourth-order valence-corrected chi connectivity index (χ4v) is 9.32. The third kappa shape index (κ3) is 1.68. The molecule has 1 saturated heterocycles. The first-order chi connectivity index (χ1) is 12.9. The SMILES string of the molecule is C[C@H]1C[C@@H](NC(=O)C23CC4CC5(C)CC(c6ccccc6)(C2)C53C4)CCN1. The van der Waals surface area contributed by atoms with Crippen molar-refractivity contribution in [1.82, 2.24) is 10.6 Å². The zero-order valence-electron chi connectivity index (χ0n) is 16.7. The molecule has 3 nitrogen and oxygen atoms in total. The summed E-state index contributed by atoms with van der Waals surface area (Å²) >= 11 is 0. The van der Waals surface area contributed by atoms with Crippen molar-refractivity contribution in [2.45, 2.75) is 76.3 Å². The Kier molecular flexibility index (Phi) is 3.06. The molecule has 1 aromatic carbocycles. The molecule has 7 atom stereocenters. The largest absolute Gasteiger partial charge is 0.353 e. The lowest BCUT2D eigenvalue weighted by Crippen LogP contribution is -2.83. The Bertz CT molecular complexity index is 808. The number of benzene rings is 1. The maximum absolute atomic E-state index is 13.7. The molecule has 5 aliphatic rings. The van der Waals surface area contributed by atoms with Crippen LogP contribution in [0.25, 0.3) is 0 Å². The van der Waals surface area contributed by atoms with Crippen LogP contribution in [0.3, 0.4) is 0 Å². The number of fused-ring (bicyclic) bond motifs is 1. The number of amides is 1. The van der Waals surface area contributed by atoms with Crippen molar-refractivity contribution in [2.24, 2.45) is 22.2 Å². The van der Waals surface area contributed by atoms with Gasteiger partial charge in [0.15, 0.2) is 0 Å². The Labute approximate surface area is 162 Å². The summed E-state index contributed by atoms with van der Waals surface area (Å²) in [4.78, 5) is 13.7. The summed E-state index contributed by atoms with van der Waals surface area (Å²) in [6.45, 7) is 5.76. The topological polar surface area (TPSA) is 41.1 Å². The normalized spacial score (nSPS) is 51.9. The molecule has 0 radical (unpaired) electrons. The Morgan fingerprint density at radius 2 is 1.96 bits per heavy atom. The molecule has 1 heterocycles. The van der Waals surface area contributed by atoms with Gasteiger partial charge in [0.25, 0.3) is 0 Å². The highest BCUT2D eigenvalue weighted by atomic mass is 16.2. The standard InChI is InChI=1S/C24H32N2O/c1-16-10-19(8-9-25-16)26-20(27)22-12-17-11-21(2)14-23(15-22,24(21,22)13-17)18-6-4-3-5-7-18/h3-7,16-17,19,25H,8-15H2,1-2H3,(H,26,27)/t16-,17?,19-,21?,22?,23?,24?/m0/s1. The van der Waals surface area contributed by atoms with Crippen LogP contribution in [0.15, 0.2) is 30.3 Å². The smallest absolute Gasteiger partial charge is 0.227 e. The molecule has 4 aliphatic carbocycles. The lowest BCUT2D eigenvalue weighted by molar-refractivity contribution is -0.302. The molecule has 5 unspecified atom stereocenters. The van der Waals surface area contributed by atoms with E-state index < -0.39 is 0 Å². The predicted octanol–water partition coefficient (Wildman–Crippen LogP) is 3.78. The van der Waals surface area contributed by atoms with E-state index in [0.717, 1.165) is 38.1 Å². The number of rotatable bonds is 3. The number of hydrogen-bond acceptors (Lipinski definition) is 2. The van der Waals surface area contributed by atoms with Gasteiger partial charge in [0.05, 0.1) is 5.41 Å². The zero-order chi connectivity index (χ0) is 18.5. The summed E-state index contributed by atoms with van der Waals surface area (Å²) in [6, 6.07) is 12.0. The molecule has 1 aliphatic heterocycles. The van der Waals surface area contributed by atoms with E-state index in [2.05, 4.69) is 54.8 Å². The van der Waals surface area contributed by atoms with Crippen LogP contribution in [-0.2, 0) is 10.2 Å². The van der Waals surface area contributed by atoms with Crippen LogP contribution >= 0.6 is 0 Å². The summed E-state index contributed by atoms with van der Waals surface area (Å²) < 4.78 is 0. The maximum atomic E-state index is 13.7. The zero-order valence-corrected chi connectivity index (χ0v) is 16.7. The predicted molar refractivity (Wildman–Crippen MR) is 106 cm³/mol. The van der Waals surface area contributed by atoms with Crippen molar-refractivity contribution < 1.29 is 4.79 Å². The van der Waals surface area contributed by atoms with Crippen LogP contribution < -0.4 is 10.6 Å². The lowest BCUT2D eigenvalue weighted by Gasteiger charge is -2.83. The van der Waals surface area contributed by atoms with Gasteiger partial charge in [-0.2, -0.15) is 0 Å². The van der Waals surface area contributed by atoms with Crippen LogP contribution in [0.5, 0.6) is 0 Å². The molecule has 2 N–H and O–H groups in total. The second-order valence-corrected chi connectivity index (χ2v) is 10.9. The monoisotopic (exact) mass is 364 g/mol. The minimum Gasteiger partial charge on any atom is -0.353 e. The summed E-state index contributed by atoms with van der Waals surface area (Å²) in [6.07, 6.45) is 8.30. The minimum atomic E-state index is -0.0904. The first kappa shape index (κ1) is 16.6. The molecule has 27 heavy (non-hydrogen) atoms. The molecule has 144 valence electrons. The maximum Gasteiger partial charge on any atom is 0.227 e. The summed E-state index contributed by atoms with van der Waals surface area (Å²) in [5.74, 6) is 1.17. The van der Waals surface area contributed by atoms with Crippen molar-refractivity contribution in [3.8, 4) is 0 Å². The van der Waals surface area contributed by atoms with Gasteiger partial charge in [-0.25, -0.2) is 0 Å². The van der Waals surface area contributed by atoms with Crippen molar-refractivity contribution >= 4 is 5.91 Å². The molecule has 1 aromatic rings. The van der Waals surface area contributed by atoms with Gasteiger partial charge >= 0.3 is 0 Å². The van der Waals surface area contributed by atoms with Gasteiger partial charge in [-0.05, 0) is 75.3 Å². The number of carbonyl (C=O) groups excluding carboxylic acids is 1. The van der Waals surface area contributed by atoms with Crippen LogP contribution in [0.1, 0.15) is 64.4 Å². The first-order valence-electron chi connectivity index (χ1n) is 11.0. The third-order valence-electron chi connectivity index (χ3n) is 9.65. The van der Waals surface area contributed by atoms with Gasteiger partial charge < -0.3 is 10.6 Å². The van der Waals surface area contributed by atoms with Gasteiger partial charge in [-0.1, -0.05) is 37.3 Å². The Morgan fingerprint density at radius 3 is 2.70 bits per heavy atom. The molecule has 1 amide bonds. The molecule has 5 fully saturated rings.